The van der Waals surface area contributed by atoms with Crippen molar-refractivity contribution in [1.82, 2.24) is 14.7 Å². The monoisotopic (exact) mass is 269 g/mol. The summed E-state index contributed by atoms with van der Waals surface area (Å²) in [5, 5.41) is 10.3. The topological polar surface area (TPSA) is 47.0 Å². The number of aliphatic hydroxyl groups is 1. The van der Waals surface area contributed by atoms with Gasteiger partial charge in [-0.1, -0.05) is 12.8 Å². The van der Waals surface area contributed by atoms with Crippen LogP contribution in [0.5, 0.6) is 0 Å². The first-order valence-corrected chi connectivity index (χ1v) is 7.36. The number of carbonyl (C=O) groups is 1. The van der Waals surface area contributed by atoms with Crippen LogP contribution in [-0.4, -0.2) is 84.7 Å². The van der Waals surface area contributed by atoms with Crippen molar-refractivity contribution in [3.63, 3.8) is 0 Å². The molecule has 0 aromatic heterocycles. The molecule has 2 aliphatic rings. The third-order valence-electron chi connectivity index (χ3n) is 4.36. The lowest BCUT2D eigenvalue weighted by molar-refractivity contribution is -0.134. The molecule has 0 radical (unpaired) electrons. The van der Waals surface area contributed by atoms with E-state index in [9.17, 15) is 9.90 Å². The molecule has 5 nitrogen and oxygen atoms in total. The van der Waals surface area contributed by atoms with E-state index in [2.05, 4.69) is 11.9 Å². The minimum Gasteiger partial charge on any atom is -0.389 e. The van der Waals surface area contributed by atoms with Crippen molar-refractivity contribution in [1.29, 1.82) is 0 Å². The van der Waals surface area contributed by atoms with Gasteiger partial charge in [-0.2, -0.15) is 0 Å². The quantitative estimate of drug-likeness (QED) is 0.780. The van der Waals surface area contributed by atoms with E-state index in [1.165, 1.54) is 0 Å². The van der Waals surface area contributed by atoms with E-state index in [4.69, 9.17) is 0 Å². The molecule has 110 valence electrons. The Balaban J connectivity index is 1.75. The van der Waals surface area contributed by atoms with E-state index in [-0.39, 0.29) is 5.91 Å². The van der Waals surface area contributed by atoms with E-state index in [1.807, 2.05) is 16.8 Å². The van der Waals surface area contributed by atoms with Crippen LogP contribution in [0.1, 0.15) is 25.7 Å². The average molecular weight is 269 g/mol. The summed E-state index contributed by atoms with van der Waals surface area (Å²) in [7, 11) is 4.02. The SMILES string of the molecule is CN1CCN(C(=O)CN(C)CC2(O)CCCC2)CC1. The third kappa shape index (κ3) is 4.16. The first-order valence-electron chi connectivity index (χ1n) is 7.36. The van der Waals surface area contributed by atoms with Crippen molar-refractivity contribution in [2.45, 2.75) is 31.3 Å². The predicted molar refractivity (Wildman–Crippen MR) is 75.0 cm³/mol. The number of nitrogens with zero attached hydrogens (tertiary/aromatic N) is 3. The molecule has 0 unspecified atom stereocenters. The van der Waals surface area contributed by atoms with Crippen LogP contribution in [-0.2, 0) is 4.79 Å². The van der Waals surface area contributed by atoms with E-state index in [0.29, 0.717) is 13.1 Å². The van der Waals surface area contributed by atoms with Crippen LogP contribution in [0.4, 0.5) is 0 Å². The van der Waals surface area contributed by atoms with Gasteiger partial charge in [0.15, 0.2) is 0 Å². The van der Waals surface area contributed by atoms with Crippen LogP contribution in [0, 0.1) is 0 Å². The molecule has 5 heteroatoms. The first-order chi connectivity index (χ1) is 8.98. The maximum atomic E-state index is 12.2. The molecule has 0 atom stereocenters. The van der Waals surface area contributed by atoms with E-state index < -0.39 is 5.60 Å². The molecule has 1 heterocycles. The van der Waals surface area contributed by atoms with Gasteiger partial charge >= 0.3 is 0 Å². The molecular weight excluding hydrogens is 242 g/mol. The molecule has 1 saturated heterocycles. The number of likely N-dealkylation sites (N-methyl/N-ethyl adjacent to an activating group) is 2. The number of amides is 1. The predicted octanol–water partition coefficient (Wildman–Crippen LogP) is -0.00270. The Morgan fingerprint density at radius 3 is 2.37 bits per heavy atom. The molecular formula is C14H27N3O2. The summed E-state index contributed by atoms with van der Waals surface area (Å²) in [6.07, 6.45) is 3.97. The summed E-state index contributed by atoms with van der Waals surface area (Å²) in [6.45, 7) is 4.61. The van der Waals surface area contributed by atoms with Gasteiger partial charge in [0.05, 0.1) is 12.1 Å². The largest absolute Gasteiger partial charge is 0.389 e. The number of carbonyl (C=O) groups excluding carboxylic acids is 1. The van der Waals surface area contributed by atoms with Crippen molar-refractivity contribution in [3.8, 4) is 0 Å². The van der Waals surface area contributed by atoms with Crippen molar-refractivity contribution in [2.75, 3.05) is 53.4 Å². The molecule has 1 N–H and O–H groups in total. The van der Waals surface area contributed by atoms with Crippen LogP contribution in [0.3, 0.4) is 0 Å². The fourth-order valence-electron chi connectivity index (χ4n) is 3.14. The molecule has 0 bridgehead atoms. The minimum absolute atomic E-state index is 0.192. The van der Waals surface area contributed by atoms with Gasteiger partial charge in [-0.05, 0) is 26.9 Å². The number of rotatable bonds is 4. The lowest BCUT2D eigenvalue weighted by Crippen LogP contribution is -2.51. The molecule has 2 fully saturated rings. The molecule has 1 aliphatic carbocycles. The molecule has 19 heavy (non-hydrogen) atoms. The average Bonchev–Trinajstić information content (AvgIpc) is 2.76. The van der Waals surface area contributed by atoms with Gasteiger partial charge in [-0.15, -0.1) is 0 Å². The van der Waals surface area contributed by atoms with Gasteiger partial charge in [0.1, 0.15) is 0 Å². The van der Waals surface area contributed by atoms with Gasteiger partial charge in [0.25, 0.3) is 0 Å². The lowest BCUT2D eigenvalue weighted by atomic mass is 10.0. The highest BCUT2D eigenvalue weighted by Gasteiger charge is 2.32. The number of piperazine rings is 1. The zero-order valence-corrected chi connectivity index (χ0v) is 12.3. The standard InChI is InChI=1S/C14H27N3O2/c1-15-7-9-17(10-8-15)13(18)11-16(2)12-14(19)5-3-4-6-14/h19H,3-12H2,1-2H3. The Kier molecular flexibility index (Phi) is 4.81. The highest BCUT2D eigenvalue weighted by molar-refractivity contribution is 5.78. The summed E-state index contributed by atoms with van der Waals surface area (Å²) in [5.74, 6) is 0.192. The van der Waals surface area contributed by atoms with Crippen molar-refractivity contribution < 1.29 is 9.90 Å². The smallest absolute Gasteiger partial charge is 0.236 e. The highest BCUT2D eigenvalue weighted by atomic mass is 16.3. The Hall–Kier alpha value is -0.650. The Morgan fingerprint density at radius 1 is 1.21 bits per heavy atom. The Labute approximate surface area is 116 Å². The number of hydrogen-bond acceptors (Lipinski definition) is 4. The fourth-order valence-corrected chi connectivity index (χ4v) is 3.14. The maximum absolute atomic E-state index is 12.2. The third-order valence-corrected chi connectivity index (χ3v) is 4.36. The normalized spacial score (nSPS) is 24.1. The maximum Gasteiger partial charge on any atom is 0.236 e. The van der Waals surface area contributed by atoms with Gasteiger partial charge in [0.2, 0.25) is 5.91 Å². The van der Waals surface area contributed by atoms with Gasteiger partial charge in [0, 0.05) is 32.7 Å². The molecule has 1 saturated carbocycles. The highest BCUT2D eigenvalue weighted by Crippen LogP contribution is 2.29. The molecule has 0 spiro atoms. The van der Waals surface area contributed by atoms with Crippen LogP contribution < -0.4 is 0 Å². The molecule has 2 rings (SSSR count). The van der Waals surface area contributed by atoms with Crippen LogP contribution in [0.2, 0.25) is 0 Å². The summed E-state index contributed by atoms with van der Waals surface area (Å²) in [6, 6.07) is 0. The minimum atomic E-state index is -0.558. The van der Waals surface area contributed by atoms with Gasteiger partial charge < -0.3 is 14.9 Å². The fraction of sp³-hybridized carbons (Fsp3) is 0.929. The van der Waals surface area contributed by atoms with E-state index in [1.54, 1.807) is 0 Å². The van der Waals surface area contributed by atoms with Gasteiger partial charge in [-0.25, -0.2) is 0 Å². The summed E-state index contributed by atoms with van der Waals surface area (Å²) < 4.78 is 0. The lowest BCUT2D eigenvalue weighted by Gasteiger charge is -2.34. The summed E-state index contributed by atoms with van der Waals surface area (Å²) in [4.78, 5) is 18.3. The zero-order chi connectivity index (χ0) is 13.9. The van der Waals surface area contributed by atoms with Crippen molar-refractivity contribution >= 4 is 5.91 Å². The van der Waals surface area contributed by atoms with Crippen LogP contribution >= 0.6 is 0 Å². The second-order valence-electron chi connectivity index (χ2n) is 6.29. The van der Waals surface area contributed by atoms with E-state index >= 15 is 0 Å². The van der Waals surface area contributed by atoms with Crippen molar-refractivity contribution in [2.24, 2.45) is 0 Å². The van der Waals surface area contributed by atoms with Crippen molar-refractivity contribution in [3.05, 3.63) is 0 Å². The second kappa shape index (κ2) is 6.20. The summed E-state index contributed by atoms with van der Waals surface area (Å²) in [5.41, 5.74) is -0.558. The second-order valence-corrected chi connectivity index (χ2v) is 6.29. The van der Waals surface area contributed by atoms with Gasteiger partial charge in [-0.3, -0.25) is 9.69 Å². The molecule has 1 amide bonds. The number of hydrogen-bond donors (Lipinski definition) is 1. The Bertz CT molecular complexity index is 308. The van der Waals surface area contributed by atoms with E-state index in [0.717, 1.165) is 51.9 Å². The van der Waals surface area contributed by atoms with Crippen LogP contribution in [0.15, 0.2) is 0 Å². The first kappa shape index (κ1) is 14.8. The zero-order valence-electron chi connectivity index (χ0n) is 12.3. The molecule has 0 aromatic rings. The summed E-state index contributed by atoms with van der Waals surface area (Å²) >= 11 is 0. The molecule has 1 aliphatic heterocycles. The van der Waals surface area contributed by atoms with Crippen LogP contribution in [0.25, 0.3) is 0 Å². The Morgan fingerprint density at radius 2 is 1.79 bits per heavy atom. The molecule has 0 aromatic carbocycles.